The minimum atomic E-state index is -0.0977. The number of benzene rings is 1. The fourth-order valence-corrected chi connectivity index (χ4v) is 1.38. The van der Waals surface area contributed by atoms with Gasteiger partial charge in [0.25, 0.3) is 0 Å². The van der Waals surface area contributed by atoms with E-state index >= 15 is 0 Å². The molecule has 76 valence electrons. The van der Waals surface area contributed by atoms with Crippen LogP contribution < -0.4 is 0 Å². The average molecular weight is 192 g/mol. The maximum atomic E-state index is 13.3. The molecular weight excluding hydrogens is 175 g/mol. The van der Waals surface area contributed by atoms with Crippen molar-refractivity contribution >= 4 is 0 Å². The predicted molar refractivity (Wildman–Crippen MR) is 58.9 cm³/mol. The standard InChI is InChI=1S/C13H17F/c1-4-10(2)5-7-12-9-11(3)6-8-13(12)14/h6,8-9H,2,4-5,7H2,1,3H3. The number of rotatable bonds is 4. The molecule has 1 rings (SSSR count). The van der Waals surface area contributed by atoms with Gasteiger partial charge in [0.15, 0.2) is 0 Å². The minimum Gasteiger partial charge on any atom is -0.207 e. The Bertz CT molecular complexity index is 326. The van der Waals surface area contributed by atoms with E-state index in [-0.39, 0.29) is 5.82 Å². The van der Waals surface area contributed by atoms with Crippen molar-refractivity contribution in [2.24, 2.45) is 0 Å². The maximum Gasteiger partial charge on any atom is 0.126 e. The molecule has 0 bridgehead atoms. The summed E-state index contributed by atoms with van der Waals surface area (Å²) in [6, 6.07) is 5.26. The summed E-state index contributed by atoms with van der Waals surface area (Å²) in [6.07, 6.45) is 2.63. The van der Waals surface area contributed by atoms with E-state index in [2.05, 4.69) is 13.5 Å². The summed E-state index contributed by atoms with van der Waals surface area (Å²) in [5.41, 5.74) is 3.11. The first-order chi connectivity index (χ1) is 6.63. The highest BCUT2D eigenvalue weighted by atomic mass is 19.1. The first kappa shape index (κ1) is 11.0. The zero-order valence-corrected chi connectivity index (χ0v) is 8.94. The number of allylic oxidation sites excluding steroid dienone is 1. The van der Waals surface area contributed by atoms with Crippen molar-refractivity contribution in [1.29, 1.82) is 0 Å². The zero-order valence-electron chi connectivity index (χ0n) is 8.94. The molecule has 0 aromatic heterocycles. The van der Waals surface area contributed by atoms with Crippen LogP contribution in [0.25, 0.3) is 0 Å². The van der Waals surface area contributed by atoms with Crippen LogP contribution in [0.4, 0.5) is 4.39 Å². The Hall–Kier alpha value is -1.11. The van der Waals surface area contributed by atoms with Gasteiger partial charge in [-0.1, -0.05) is 36.8 Å². The smallest absolute Gasteiger partial charge is 0.126 e. The van der Waals surface area contributed by atoms with Gasteiger partial charge >= 0.3 is 0 Å². The lowest BCUT2D eigenvalue weighted by Crippen LogP contribution is -1.93. The number of aryl methyl sites for hydroxylation is 2. The SMILES string of the molecule is C=C(CC)CCc1cc(C)ccc1F. The third kappa shape index (κ3) is 2.99. The largest absolute Gasteiger partial charge is 0.207 e. The molecule has 0 saturated heterocycles. The van der Waals surface area contributed by atoms with E-state index in [0.29, 0.717) is 0 Å². The summed E-state index contributed by atoms with van der Waals surface area (Å²) in [6.45, 7) is 7.98. The summed E-state index contributed by atoms with van der Waals surface area (Å²) < 4.78 is 13.3. The van der Waals surface area contributed by atoms with Gasteiger partial charge in [0.2, 0.25) is 0 Å². The van der Waals surface area contributed by atoms with Crippen LogP contribution in [0, 0.1) is 12.7 Å². The van der Waals surface area contributed by atoms with Crippen LogP contribution in [-0.2, 0) is 6.42 Å². The highest BCUT2D eigenvalue weighted by molar-refractivity contribution is 5.24. The van der Waals surface area contributed by atoms with E-state index in [4.69, 9.17) is 0 Å². The number of halogens is 1. The Morgan fingerprint density at radius 2 is 2.14 bits per heavy atom. The Labute approximate surface area is 85.5 Å². The molecule has 0 fully saturated rings. The van der Waals surface area contributed by atoms with Gasteiger partial charge in [0.05, 0.1) is 0 Å². The van der Waals surface area contributed by atoms with Gasteiger partial charge in [-0.2, -0.15) is 0 Å². The summed E-state index contributed by atoms with van der Waals surface area (Å²) in [7, 11) is 0. The molecule has 1 aromatic carbocycles. The monoisotopic (exact) mass is 192 g/mol. The second-order valence-corrected chi connectivity index (χ2v) is 3.70. The van der Waals surface area contributed by atoms with Crippen molar-refractivity contribution in [3.05, 3.63) is 47.3 Å². The van der Waals surface area contributed by atoms with Gasteiger partial charge in [-0.15, -0.1) is 0 Å². The highest BCUT2D eigenvalue weighted by Gasteiger charge is 2.02. The second-order valence-electron chi connectivity index (χ2n) is 3.70. The lowest BCUT2D eigenvalue weighted by Gasteiger charge is -2.05. The van der Waals surface area contributed by atoms with E-state index < -0.39 is 0 Å². The van der Waals surface area contributed by atoms with Crippen molar-refractivity contribution in [2.75, 3.05) is 0 Å². The third-order valence-corrected chi connectivity index (χ3v) is 2.45. The number of hydrogen-bond donors (Lipinski definition) is 0. The molecule has 0 atom stereocenters. The summed E-state index contributed by atoms with van der Waals surface area (Å²) >= 11 is 0. The van der Waals surface area contributed by atoms with Crippen LogP contribution in [0.5, 0.6) is 0 Å². The van der Waals surface area contributed by atoms with Crippen molar-refractivity contribution < 1.29 is 4.39 Å². The van der Waals surface area contributed by atoms with E-state index in [0.717, 1.165) is 30.4 Å². The maximum absolute atomic E-state index is 13.3. The minimum absolute atomic E-state index is 0.0977. The molecule has 0 nitrogen and oxygen atoms in total. The summed E-state index contributed by atoms with van der Waals surface area (Å²) in [5.74, 6) is -0.0977. The molecule has 0 unspecified atom stereocenters. The fraction of sp³-hybridized carbons (Fsp3) is 0.385. The van der Waals surface area contributed by atoms with Crippen molar-refractivity contribution in [3.63, 3.8) is 0 Å². The molecule has 0 heterocycles. The third-order valence-electron chi connectivity index (χ3n) is 2.45. The molecule has 0 amide bonds. The molecule has 14 heavy (non-hydrogen) atoms. The quantitative estimate of drug-likeness (QED) is 0.632. The predicted octanol–water partition coefficient (Wildman–Crippen LogP) is 4.03. The molecule has 0 aliphatic heterocycles. The average Bonchev–Trinajstić information content (AvgIpc) is 2.19. The van der Waals surface area contributed by atoms with Crippen LogP contribution in [-0.4, -0.2) is 0 Å². The Morgan fingerprint density at radius 1 is 1.43 bits per heavy atom. The van der Waals surface area contributed by atoms with Gasteiger partial charge in [0.1, 0.15) is 5.82 Å². The van der Waals surface area contributed by atoms with Crippen LogP contribution in [0.3, 0.4) is 0 Å². The normalized spacial score (nSPS) is 10.2. The first-order valence-electron chi connectivity index (χ1n) is 5.05. The molecule has 0 radical (unpaired) electrons. The first-order valence-corrected chi connectivity index (χ1v) is 5.05. The van der Waals surface area contributed by atoms with E-state index in [9.17, 15) is 4.39 Å². The molecule has 1 heteroatoms. The van der Waals surface area contributed by atoms with Crippen LogP contribution >= 0.6 is 0 Å². The van der Waals surface area contributed by atoms with E-state index in [1.165, 1.54) is 5.57 Å². The Kier molecular flexibility index (Phi) is 3.87. The van der Waals surface area contributed by atoms with Crippen LogP contribution in [0.1, 0.15) is 30.9 Å². The van der Waals surface area contributed by atoms with Crippen molar-refractivity contribution in [3.8, 4) is 0 Å². The Morgan fingerprint density at radius 3 is 2.79 bits per heavy atom. The molecule has 0 aliphatic rings. The van der Waals surface area contributed by atoms with Crippen LogP contribution in [0.15, 0.2) is 30.4 Å². The second kappa shape index (κ2) is 4.94. The zero-order chi connectivity index (χ0) is 10.6. The topological polar surface area (TPSA) is 0 Å². The van der Waals surface area contributed by atoms with Gasteiger partial charge in [-0.25, -0.2) is 4.39 Å². The highest BCUT2D eigenvalue weighted by Crippen LogP contribution is 2.15. The molecule has 0 N–H and O–H groups in total. The van der Waals surface area contributed by atoms with E-state index in [1.807, 2.05) is 13.0 Å². The fourth-order valence-electron chi connectivity index (χ4n) is 1.38. The molecule has 0 aliphatic carbocycles. The number of hydrogen-bond acceptors (Lipinski definition) is 0. The Balaban J connectivity index is 2.66. The lowest BCUT2D eigenvalue weighted by molar-refractivity contribution is 0.607. The molecule has 0 saturated carbocycles. The molecule has 0 spiro atoms. The van der Waals surface area contributed by atoms with Crippen molar-refractivity contribution in [1.82, 2.24) is 0 Å². The van der Waals surface area contributed by atoms with Crippen LogP contribution in [0.2, 0.25) is 0 Å². The van der Waals surface area contributed by atoms with Gasteiger partial charge in [0, 0.05) is 0 Å². The molecule has 1 aromatic rings. The molecular formula is C13H17F. The lowest BCUT2D eigenvalue weighted by atomic mass is 10.0. The summed E-state index contributed by atoms with van der Waals surface area (Å²) in [4.78, 5) is 0. The van der Waals surface area contributed by atoms with E-state index in [1.54, 1.807) is 12.1 Å². The van der Waals surface area contributed by atoms with Gasteiger partial charge in [-0.3, -0.25) is 0 Å². The van der Waals surface area contributed by atoms with Gasteiger partial charge < -0.3 is 0 Å². The van der Waals surface area contributed by atoms with Gasteiger partial charge in [-0.05, 0) is 37.8 Å². The summed E-state index contributed by atoms with van der Waals surface area (Å²) in [5, 5.41) is 0. The van der Waals surface area contributed by atoms with Crippen molar-refractivity contribution in [2.45, 2.75) is 33.1 Å².